The molecule has 0 aliphatic heterocycles. The summed E-state index contributed by atoms with van der Waals surface area (Å²) >= 11 is 0. The molecule has 0 bridgehead atoms. The maximum Gasteiger partial charge on any atom is 0.260 e. The fraction of sp³-hybridized carbons (Fsp3) is 0.160. The molecule has 0 saturated heterocycles. The molecule has 0 aliphatic carbocycles. The lowest BCUT2D eigenvalue weighted by molar-refractivity contribution is 0.319. The van der Waals surface area contributed by atoms with Crippen molar-refractivity contribution in [3.8, 4) is 11.4 Å². The number of halogens is 1. The van der Waals surface area contributed by atoms with Crippen molar-refractivity contribution >= 4 is 5.71 Å². The molecule has 168 valence electrons. The lowest BCUT2D eigenvalue weighted by Crippen LogP contribution is -2.29. The Hall–Kier alpha value is -4.20. The Morgan fingerprint density at radius 2 is 1.94 bits per heavy atom. The quantitative estimate of drug-likeness (QED) is 0.272. The molecule has 33 heavy (non-hydrogen) atoms. The van der Waals surface area contributed by atoms with Gasteiger partial charge in [-0.25, -0.2) is 9.37 Å². The van der Waals surface area contributed by atoms with Crippen molar-refractivity contribution in [2.45, 2.75) is 19.9 Å². The van der Waals surface area contributed by atoms with Gasteiger partial charge in [0.1, 0.15) is 17.3 Å². The van der Waals surface area contributed by atoms with Gasteiger partial charge in [0, 0.05) is 18.0 Å². The van der Waals surface area contributed by atoms with Gasteiger partial charge in [-0.2, -0.15) is 0 Å². The Morgan fingerprint density at radius 3 is 2.58 bits per heavy atom. The molecule has 0 saturated carbocycles. The first kappa shape index (κ1) is 22.0. The van der Waals surface area contributed by atoms with Crippen LogP contribution in [0.1, 0.15) is 35.3 Å². The third-order valence-corrected chi connectivity index (χ3v) is 5.54. The van der Waals surface area contributed by atoms with Crippen molar-refractivity contribution in [2.75, 3.05) is 7.11 Å². The average molecular weight is 446 g/mol. The number of rotatable bonds is 6. The summed E-state index contributed by atoms with van der Waals surface area (Å²) in [4.78, 5) is 17.6. The minimum absolute atomic E-state index is 0.118. The van der Waals surface area contributed by atoms with Gasteiger partial charge in [-0.1, -0.05) is 23.4 Å². The maximum absolute atomic E-state index is 13.3. The van der Waals surface area contributed by atoms with E-state index in [1.165, 1.54) is 16.7 Å². The zero-order valence-electron chi connectivity index (χ0n) is 18.4. The molecular weight excluding hydrogens is 423 g/mol. The van der Waals surface area contributed by atoms with E-state index in [2.05, 4.69) is 10.1 Å². The van der Waals surface area contributed by atoms with Crippen LogP contribution in [0.5, 0.6) is 5.75 Å². The first-order valence-corrected chi connectivity index (χ1v) is 10.3. The van der Waals surface area contributed by atoms with E-state index in [9.17, 15) is 14.4 Å². The summed E-state index contributed by atoms with van der Waals surface area (Å²) in [6.07, 6.45) is 5.20. The number of ether oxygens (including phenoxy) is 1. The highest BCUT2D eigenvalue weighted by atomic mass is 19.1. The summed E-state index contributed by atoms with van der Waals surface area (Å²) < 4.78 is 22.2. The zero-order valence-corrected chi connectivity index (χ0v) is 18.4. The number of oxime groups is 1. The number of nitrogens with zero attached hydrogens (tertiary/aromatic N) is 4. The van der Waals surface area contributed by atoms with Gasteiger partial charge in [0.15, 0.2) is 0 Å². The van der Waals surface area contributed by atoms with Crippen LogP contribution in [-0.2, 0) is 0 Å². The fourth-order valence-electron chi connectivity index (χ4n) is 3.76. The molecule has 0 radical (unpaired) electrons. The molecule has 0 amide bonds. The van der Waals surface area contributed by atoms with Crippen molar-refractivity contribution in [1.29, 1.82) is 0 Å². The largest absolute Gasteiger partial charge is 0.495 e. The van der Waals surface area contributed by atoms with Crippen molar-refractivity contribution in [3.05, 3.63) is 112 Å². The van der Waals surface area contributed by atoms with Crippen LogP contribution in [0.3, 0.4) is 0 Å². The molecule has 8 heteroatoms. The van der Waals surface area contributed by atoms with E-state index >= 15 is 0 Å². The first-order chi connectivity index (χ1) is 15.9. The number of imidazole rings is 1. The van der Waals surface area contributed by atoms with Crippen LogP contribution in [0.15, 0.2) is 83.3 Å². The fourth-order valence-corrected chi connectivity index (χ4v) is 3.76. The lowest BCUT2D eigenvalue weighted by atomic mass is 10.0. The predicted molar refractivity (Wildman–Crippen MR) is 123 cm³/mol. The monoisotopic (exact) mass is 446 g/mol. The van der Waals surface area contributed by atoms with Gasteiger partial charge in [0.2, 0.25) is 0 Å². The van der Waals surface area contributed by atoms with Crippen LogP contribution in [0.4, 0.5) is 4.39 Å². The standard InChI is InChI=1S/C25H23FN4O3/c1-16-14-29(15-27-16)22-11-8-19(13-23(22)33-3)24(28-32)21-5-4-12-30(25(21)31)17(2)18-6-9-20(26)10-7-18/h4-15,17,32H,1-3H3/b28-24-. The van der Waals surface area contributed by atoms with Gasteiger partial charge >= 0.3 is 0 Å². The van der Waals surface area contributed by atoms with Crippen molar-refractivity contribution in [3.63, 3.8) is 0 Å². The Kier molecular flexibility index (Phi) is 6.08. The highest BCUT2D eigenvalue weighted by Gasteiger charge is 2.18. The van der Waals surface area contributed by atoms with E-state index in [1.54, 1.807) is 56.0 Å². The number of hydrogen-bond acceptors (Lipinski definition) is 5. The topological polar surface area (TPSA) is 81.6 Å². The van der Waals surface area contributed by atoms with Crippen LogP contribution in [-0.4, -0.2) is 32.1 Å². The molecule has 7 nitrogen and oxygen atoms in total. The maximum atomic E-state index is 13.3. The van der Waals surface area contributed by atoms with Crippen LogP contribution in [0, 0.1) is 12.7 Å². The summed E-state index contributed by atoms with van der Waals surface area (Å²) in [5.41, 5.74) is 2.91. The van der Waals surface area contributed by atoms with E-state index in [1.807, 2.05) is 30.7 Å². The van der Waals surface area contributed by atoms with E-state index in [0.717, 1.165) is 16.9 Å². The van der Waals surface area contributed by atoms with Gasteiger partial charge in [-0.15, -0.1) is 0 Å². The molecule has 0 fully saturated rings. The van der Waals surface area contributed by atoms with Crippen molar-refractivity contribution < 1.29 is 14.3 Å². The second kappa shape index (κ2) is 9.12. The van der Waals surface area contributed by atoms with Crippen LogP contribution in [0.25, 0.3) is 5.69 Å². The smallest absolute Gasteiger partial charge is 0.260 e. The van der Waals surface area contributed by atoms with Crippen LogP contribution in [0.2, 0.25) is 0 Å². The van der Waals surface area contributed by atoms with Gasteiger partial charge in [-0.3, -0.25) is 4.79 Å². The number of pyridine rings is 1. The van der Waals surface area contributed by atoms with Crippen molar-refractivity contribution in [2.24, 2.45) is 5.16 Å². The van der Waals surface area contributed by atoms with Crippen LogP contribution >= 0.6 is 0 Å². The van der Waals surface area contributed by atoms with Crippen molar-refractivity contribution in [1.82, 2.24) is 14.1 Å². The Balaban J connectivity index is 1.75. The van der Waals surface area contributed by atoms with Gasteiger partial charge in [0.05, 0.1) is 36.4 Å². The third kappa shape index (κ3) is 4.27. The molecule has 2 aromatic carbocycles. The minimum Gasteiger partial charge on any atom is -0.495 e. The highest BCUT2D eigenvalue weighted by Crippen LogP contribution is 2.26. The summed E-state index contributed by atoms with van der Waals surface area (Å²) in [7, 11) is 1.54. The molecule has 1 atom stereocenters. The van der Waals surface area contributed by atoms with Gasteiger partial charge in [0.25, 0.3) is 5.56 Å². The summed E-state index contributed by atoms with van der Waals surface area (Å²) in [5, 5.41) is 13.3. The lowest BCUT2D eigenvalue weighted by Gasteiger charge is -2.17. The highest BCUT2D eigenvalue weighted by molar-refractivity contribution is 6.12. The molecule has 0 aliphatic rings. The Morgan fingerprint density at radius 1 is 1.18 bits per heavy atom. The molecule has 2 aromatic heterocycles. The van der Waals surface area contributed by atoms with Gasteiger partial charge < -0.3 is 19.1 Å². The van der Waals surface area contributed by atoms with Gasteiger partial charge in [-0.05, 0) is 55.8 Å². The summed E-state index contributed by atoms with van der Waals surface area (Å²) in [6.45, 7) is 3.74. The molecule has 2 heterocycles. The first-order valence-electron chi connectivity index (χ1n) is 10.3. The number of methoxy groups -OCH3 is 1. The van der Waals surface area contributed by atoms with E-state index in [-0.39, 0.29) is 28.7 Å². The van der Waals surface area contributed by atoms with E-state index < -0.39 is 0 Å². The number of aromatic nitrogens is 3. The molecule has 4 aromatic rings. The number of hydrogen-bond donors (Lipinski definition) is 1. The second-order valence-electron chi connectivity index (χ2n) is 7.62. The van der Waals surface area contributed by atoms with E-state index in [4.69, 9.17) is 4.74 Å². The molecule has 1 unspecified atom stereocenters. The SMILES string of the molecule is COc1cc(/C(=N/O)c2cccn(C(C)c3ccc(F)cc3)c2=O)ccc1-n1cnc(C)c1. The Labute approximate surface area is 190 Å². The minimum atomic E-state index is -0.348. The number of aryl methyl sites for hydroxylation is 1. The zero-order chi connectivity index (χ0) is 23.5. The Bertz CT molecular complexity index is 1370. The average Bonchev–Trinajstić information content (AvgIpc) is 3.26. The molecule has 0 spiro atoms. The molecule has 1 N–H and O–H groups in total. The normalized spacial score (nSPS) is 12.5. The predicted octanol–water partition coefficient (Wildman–Crippen LogP) is 4.33. The summed E-state index contributed by atoms with van der Waals surface area (Å²) in [5.74, 6) is 0.187. The van der Waals surface area contributed by atoms with E-state index in [0.29, 0.717) is 11.3 Å². The molecular formula is C25H23FN4O3. The molecule has 4 rings (SSSR count). The number of benzene rings is 2. The third-order valence-electron chi connectivity index (χ3n) is 5.54. The summed E-state index contributed by atoms with van der Waals surface area (Å²) in [6, 6.07) is 14.2. The van der Waals surface area contributed by atoms with Crippen LogP contribution < -0.4 is 10.3 Å². The second-order valence-corrected chi connectivity index (χ2v) is 7.62.